The van der Waals surface area contributed by atoms with Crippen LogP contribution in [0.1, 0.15) is 37.3 Å². The second-order valence-electron chi connectivity index (χ2n) is 4.99. The first kappa shape index (κ1) is 12.4. The molecule has 0 atom stereocenters. The number of aryl methyl sites for hydroxylation is 1. The zero-order chi connectivity index (χ0) is 12.1. The topological polar surface area (TPSA) is 21.3 Å². The molecule has 0 amide bonds. The molecule has 1 aromatic carbocycles. The van der Waals surface area contributed by atoms with Crippen molar-refractivity contribution in [2.24, 2.45) is 5.92 Å². The van der Waals surface area contributed by atoms with Gasteiger partial charge in [-0.15, -0.1) is 0 Å². The van der Waals surface area contributed by atoms with E-state index in [1.165, 1.54) is 30.4 Å². The van der Waals surface area contributed by atoms with E-state index in [0.717, 1.165) is 31.4 Å². The van der Waals surface area contributed by atoms with E-state index in [1.54, 1.807) is 0 Å². The molecule has 0 bridgehead atoms. The fourth-order valence-electron chi connectivity index (χ4n) is 1.94. The lowest BCUT2D eigenvalue weighted by molar-refractivity contribution is 0.294. The number of hydrogen-bond donors (Lipinski definition) is 1. The average molecular weight is 233 g/mol. The Kier molecular flexibility index (Phi) is 4.43. The first-order valence-corrected chi connectivity index (χ1v) is 6.73. The second kappa shape index (κ2) is 6.06. The Labute approximate surface area is 104 Å². The predicted octanol–water partition coefficient (Wildman–Crippen LogP) is 3.28. The van der Waals surface area contributed by atoms with Crippen molar-refractivity contribution in [1.82, 2.24) is 5.32 Å². The van der Waals surface area contributed by atoms with Crippen molar-refractivity contribution in [3.8, 4) is 5.75 Å². The lowest BCUT2D eigenvalue weighted by Crippen LogP contribution is -2.15. The van der Waals surface area contributed by atoms with Gasteiger partial charge in [0.25, 0.3) is 0 Å². The molecule has 0 spiro atoms. The number of benzene rings is 1. The SMILES string of the molecule is CCCNCc1cccc(C)c1OCC1CC1. The fourth-order valence-corrected chi connectivity index (χ4v) is 1.94. The van der Waals surface area contributed by atoms with Gasteiger partial charge in [-0.05, 0) is 44.2 Å². The summed E-state index contributed by atoms with van der Waals surface area (Å²) in [7, 11) is 0. The van der Waals surface area contributed by atoms with Gasteiger partial charge in [0, 0.05) is 12.1 Å². The molecule has 1 aliphatic rings. The highest BCUT2D eigenvalue weighted by Gasteiger charge is 2.22. The molecule has 17 heavy (non-hydrogen) atoms. The van der Waals surface area contributed by atoms with Crippen molar-refractivity contribution in [3.05, 3.63) is 29.3 Å². The van der Waals surface area contributed by atoms with Gasteiger partial charge in [0.2, 0.25) is 0 Å². The average Bonchev–Trinajstić information content (AvgIpc) is 3.12. The lowest BCUT2D eigenvalue weighted by Gasteiger charge is -2.14. The van der Waals surface area contributed by atoms with Crippen LogP contribution < -0.4 is 10.1 Å². The summed E-state index contributed by atoms with van der Waals surface area (Å²) in [6, 6.07) is 6.41. The molecule has 1 aromatic rings. The number of nitrogens with one attached hydrogen (secondary N) is 1. The summed E-state index contributed by atoms with van der Waals surface area (Å²) in [6.45, 7) is 7.19. The van der Waals surface area contributed by atoms with Gasteiger partial charge in [-0.2, -0.15) is 0 Å². The Hall–Kier alpha value is -1.02. The number of rotatable bonds is 7. The van der Waals surface area contributed by atoms with E-state index in [2.05, 4.69) is 37.4 Å². The molecule has 1 aliphatic carbocycles. The number of para-hydroxylation sites is 1. The quantitative estimate of drug-likeness (QED) is 0.730. The molecule has 2 nitrogen and oxygen atoms in total. The highest BCUT2D eigenvalue weighted by atomic mass is 16.5. The van der Waals surface area contributed by atoms with Crippen LogP contribution in [-0.2, 0) is 6.54 Å². The van der Waals surface area contributed by atoms with Crippen molar-refractivity contribution >= 4 is 0 Å². The summed E-state index contributed by atoms with van der Waals surface area (Å²) in [6.07, 6.45) is 3.86. The molecule has 2 heteroatoms. The van der Waals surface area contributed by atoms with E-state index in [4.69, 9.17) is 4.74 Å². The molecule has 0 radical (unpaired) electrons. The molecule has 0 saturated heterocycles. The second-order valence-corrected chi connectivity index (χ2v) is 4.99. The van der Waals surface area contributed by atoms with Gasteiger partial charge in [0.15, 0.2) is 0 Å². The maximum Gasteiger partial charge on any atom is 0.126 e. The van der Waals surface area contributed by atoms with Gasteiger partial charge in [-0.3, -0.25) is 0 Å². The Morgan fingerprint density at radius 1 is 1.35 bits per heavy atom. The largest absolute Gasteiger partial charge is 0.493 e. The van der Waals surface area contributed by atoms with Crippen LogP contribution in [0.2, 0.25) is 0 Å². The third kappa shape index (κ3) is 3.74. The minimum Gasteiger partial charge on any atom is -0.493 e. The smallest absolute Gasteiger partial charge is 0.126 e. The minimum absolute atomic E-state index is 0.811. The van der Waals surface area contributed by atoms with Gasteiger partial charge in [0.05, 0.1) is 6.61 Å². The van der Waals surface area contributed by atoms with Gasteiger partial charge in [0.1, 0.15) is 5.75 Å². The van der Waals surface area contributed by atoms with E-state index in [-0.39, 0.29) is 0 Å². The summed E-state index contributed by atoms with van der Waals surface area (Å²) in [4.78, 5) is 0. The summed E-state index contributed by atoms with van der Waals surface area (Å²) in [5.74, 6) is 1.91. The third-order valence-electron chi connectivity index (χ3n) is 3.20. The maximum atomic E-state index is 5.98. The molecular weight excluding hydrogens is 210 g/mol. The Morgan fingerprint density at radius 3 is 2.88 bits per heavy atom. The summed E-state index contributed by atoms with van der Waals surface area (Å²) in [5, 5.41) is 3.44. The van der Waals surface area contributed by atoms with Crippen LogP contribution in [0, 0.1) is 12.8 Å². The van der Waals surface area contributed by atoms with Crippen LogP contribution in [-0.4, -0.2) is 13.2 Å². The minimum atomic E-state index is 0.811. The Bertz CT molecular complexity index is 358. The third-order valence-corrected chi connectivity index (χ3v) is 3.20. The zero-order valence-electron chi connectivity index (χ0n) is 11.0. The molecule has 0 aromatic heterocycles. The van der Waals surface area contributed by atoms with E-state index < -0.39 is 0 Å². The van der Waals surface area contributed by atoms with Gasteiger partial charge in [-0.25, -0.2) is 0 Å². The first-order valence-electron chi connectivity index (χ1n) is 6.73. The fraction of sp³-hybridized carbons (Fsp3) is 0.600. The lowest BCUT2D eigenvalue weighted by atomic mass is 10.1. The zero-order valence-corrected chi connectivity index (χ0v) is 11.0. The van der Waals surface area contributed by atoms with Gasteiger partial charge in [-0.1, -0.05) is 25.1 Å². The molecule has 0 unspecified atom stereocenters. The number of hydrogen-bond acceptors (Lipinski definition) is 2. The van der Waals surface area contributed by atoms with Crippen molar-refractivity contribution in [2.45, 2.75) is 39.7 Å². The van der Waals surface area contributed by atoms with Crippen LogP contribution in [0.15, 0.2) is 18.2 Å². The number of ether oxygens (including phenoxy) is 1. The normalized spacial score (nSPS) is 14.9. The molecule has 2 rings (SSSR count). The van der Waals surface area contributed by atoms with Crippen molar-refractivity contribution in [1.29, 1.82) is 0 Å². The molecule has 1 saturated carbocycles. The van der Waals surface area contributed by atoms with Gasteiger partial charge < -0.3 is 10.1 Å². The molecule has 1 N–H and O–H groups in total. The van der Waals surface area contributed by atoms with Crippen molar-refractivity contribution in [2.75, 3.05) is 13.2 Å². The van der Waals surface area contributed by atoms with Gasteiger partial charge >= 0.3 is 0 Å². The van der Waals surface area contributed by atoms with Crippen LogP contribution >= 0.6 is 0 Å². The summed E-state index contributed by atoms with van der Waals surface area (Å²) >= 11 is 0. The van der Waals surface area contributed by atoms with Crippen LogP contribution in [0.3, 0.4) is 0 Å². The summed E-state index contributed by atoms with van der Waals surface area (Å²) in [5.41, 5.74) is 2.54. The molecule has 0 heterocycles. The Balaban J connectivity index is 1.98. The first-order chi connectivity index (χ1) is 8.31. The van der Waals surface area contributed by atoms with Crippen LogP contribution in [0.4, 0.5) is 0 Å². The monoisotopic (exact) mass is 233 g/mol. The molecule has 0 aliphatic heterocycles. The highest BCUT2D eigenvalue weighted by molar-refractivity contribution is 5.40. The maximum absolute atomic E-state index is 5.98. The van der Waals surface area contributed by atoms with E-state index in [1.807, 2.05) is 0 Å². The van der Waals surface area contributed by atoms with Crippen molar-refractivity contribution in [3.63, 3.8) is 0 Å². The molecule has 94 valence electrons. The predicted molar refractivity (Wildman–Crippen MR) is 71.4 cm³/mol. The highest BCUT2D eigenvalue weighted by Crippen LogP contribution is 2.31. The van der Waals surface area contributed by atoms with Crippen LogP contribution in [0.5, 0.6) is 5.75 Å². The molecular formula is C15H23NO. The Morgan fingerprint density at radius 2 is 2.18 bits per heavy atom. The van der Waals surface area contributed by atoms with Crippen molar-refractivity contribution < 1.29 is 4.74 Å². The van der Waals surface area contributed by atoms with E-state index in [0.29, 0.717) is 0 Å². The standard InChI is InChI=1S/C15H23NO/c1-3-9-16-10-14-6-4-5-12(2)15(14)17-11-13-7-8-13/h4-6,13,16H,3,7-11H2,1-2H3. The summed E-state index contributed by atoms with van der Waals surface area (Å²) < 4.78 is 5.98. The molecule has 1 fully saturated rings. The van der Waals surface area contributed by atoms with E-state index >= 15 is 0 Å². The van der Waals surface area contributed by atoms with E-state index in [9.17, 15) is 0 Å². The van der Waals surface area contributed by atoms with Crippen LogP contribution in [0.25, 0.3) is 0 Å².